The van der Waals surface area contributed by atoms with Crippen LogP contribution in [-0.4, -0.2) is 19.9 Å². The number of nitrogen functional groups attached to an aromatic ring is 1. The zero-order valence-corrected chi connectivity index (χ0v) is 12.2. The number of nitrogens with zero attached hydrogens (tertiary/aromatic N) is 3. The second kappa shape index (κ2) is 5.17. The molecule has 0 spiro atoms. The van der Waals surface area contributed by atoms with Crippen molar-refractivity contribution >= 4 is 17.6 Å². The molecule has 0 fully saturated rings. The normalized spacial score (nSPS) is 16.3. The van der Waals surface area contributed by atoms with Crippen LogP contribution in [0.2, 0.25) is 0 Å². The van der Waals surface area contributed by atoms with E-state index < -0.39 is 0 Å². The number of anilines is 2. The number of para-hydroxylation sites is 1. The third-order valence-electron chi connectivity index (χ3n) is 3.82. The predicted octanol–water partition coefficient (Wildman–Crippen LogP) is 2.62. The fourth-order valence-electron chi connectivity index (χ4n) is 2.76. The summed E-state index contributed by atoms with van der Waals surface area (Å²) >= 11 is 0. The molecule has 1 atom stereocenters. The van der Waals surface area contributed by atoms with Gasteiger partial charge in [0.1, 0.15) is 11.8 Å². The summed E-state index contributed by atoms with van der Waals surface area (Å²) in [5.74, 6) is 0.969. The summed E-state index contributed by atoms with van der Waals surface area (Å²) in [5, 5.41) is 17.6. The van der Waals surface area contributed by atoms with Gasteiger partial charge in [-0.25, -0.2) is 4.68 Å². The number of hydrogen-bond acceptors (Lipinski definition) is 5. The Hall–Kier alpha value is -3.28. The number of phenols is 1. The van der Waals surface area contributed by atoms with Crippen molar-refractivity contribution in [3.8, 4) is 5.75 Å². The van der Waals surface area contributed by atoms with Crippen LogP contribution >= 0.6 is 0 Å². The van der Waals surface area contributed by atoms with E-state index in [1.54, 1.807) is 16.8 Å². The van der Waals surface area contributed by atoms with Gasteiger partial charge >= 0.3 is 0 Å². The molecule has 23 heavy (non-hydrogen) atoms. The van der Waals surface area contributed by atoms with Gasteiger partial charge in [0.25, 0.3) is 0 Å². The molecule has 6 heteroatoms. The zero-order chi connectivity index (χ0) is 15.8. The molecule has 6 nitrogen and oxygen atoms in total. The SMILES string of the molecule is Nc1nc2n(n1)C(c1ccccc1)C=C(c1ccccc1O)N2. The van der Waals surface area contributed by atoms with Crippen molar-refractivity contribution in [3.05, 3.63) is 71.8 Å². The summed E-state index contributed by atoms with van der Waals surface area (Å²) in [5.41, 5.74) is 8.30. The lowest BCUT2D eigenvalue weighted by Gasteiger charge is -2.24. The number of nitrogens with two attached hydrogens (primary N) is 1. The van der Waals surface area contributed by atoms with Gasteiger partial charge in [-0.3, -0.25) is 0 Å². The molecule has 0 amide bonds. The van der Waals surface area contributed by atoms with Crippen molar-refractivity contribution < 1.29 is 5.11 Å². The van der Waals surface area contributed by atoms with E-state index in [2.05, 4.69) is 15.4 Å². The summed E-state index contributed by atoms with van der Waals surface area (Å²) in [6.07, 6.45) is 2.01. The summed E-state index contributed by atoms with van der Waals surface area (Å²) in [6.45, 7) is 0. The van der Waals surface area contributed by atoms with Gasteiger partial charge in [-0.2, -0.15) is 4.98 Å². The van der Waals surface area contributed by atoms with Crippen LogP contribution in [0.3, 0.4) is 0 Å². The van der Waals surface area contributed by atoms with Crippen molar-refractivity contribution in [1.29, 1.82) is 0 Å². The Labute approximate surface area is 132 Å². The van der Waals surface area contributed by atoms with Gasteiger partial charge in [0.15, 0.2) is 0 Å². The number of fused-ring (bicyclic) bond motifs is 1. The number of aromatic nitrogens is 3. The largest absolute Gasteiger partial charge is 0.507 e. The highest BCUT2D eigenvalue weighted by Gasteiger charge is 2.25. The molecule has 2 heterocycles. The molecule has 0 saturated carbocycles. The number of allylic oxidation sites excluding steroid dienone is 1. The Morgan fingerprint density at radius 3 is 2.57 bits per heavy atom. The average Bonchev–Trinajstić information content (AvgIpc) is 2.95. The van der Waals surface area contributed by atoms with Gasteiger partial charge < -0.3 is 16.2 Å². The second-order valence-electron chi connectivity index (χ2n) is 5.32. The number of phenolic OH excluding ortho intramolecular Hbond substituents is 1. The molecule has 3 aromatic rings. The standard InChI is InChI=1S/C17H15N5O/c18-16-20-17-19-13(12-8-4-5-9-15(12)23)10-14(22(17)21-16)11-6-2-1-3-7-11/h1-10,14,23H,(H3,18,19,20,21). The van der Waals surface area contributed by atoms with Crippen molar-refractivity contribution in [2.75, 3.05) is 11.1 Å². The lowest BCUT2D eigenvalue weighted by atomic mass is 10.0. The molecule has 1 unspecified atom stereocenters. The minimum atomic E-state index is -0.146. The third kappa shape index (κ3) is 2.30. The summed E-state index contributed by atoms with van der Waals surface area (Å²) in [4.78, 5) is 4.23. The zero-order valence-electron chi connectivity index (χ0n) is 12.2. The van der Waals surface area contributed by atoms with E-state index in [0.717, 1.165) is 11.3 Å². The van der Waals surface area contributed by atoms with E-state index in [1.807, 2.05) is 48.5 Å². The summed E-state index contributed by atoms with van der Waals surface area (Å²) in [7, 11) is 0. The van der Waals surface area contributed by atoms with Crippen molar-refractivity contribution in [1.82, 2.24) is 14.8 Å². The summed E-state index contributed by atoms with van der Waals surface area (Å²) < 4.78 is 1.74. The van der Waals surface area contributed by atoms with E-state index in [9.17, 15) is 5.11 Å². The Kier molecular flexibility index (Phi) is 3.01. The second-order valence-corrected chi connectivity index (χ2v) is 5.32. The molecule has 1 aromatic heterocycles. The first kappa shape index (κ1) is 13.4. The molecule has 1 aliphatic rings. The van der Waals surface area contributed by atoms with Crippen LogP contribution in [0.15, 0.2) is 60.7 Å². The van der Waals surface area contributed by atoms with Crippen molar-refractivity contribution in [3.63, 3.8) is 0 Å². The van der Waals surface area contributed by atoms with Crippen molar-refractivity contribution in [2.24, 2.45) is 0 Å². The lowest BCUT2D eigenvalue weighted by molar-refractivity contribution is 0.473. The third-order valence-corrected chi connectivity index (χ3v) is 3.82. The number of rotatable bonds is 2. The Balaban J connectivity index is 1.86. The molecular weight excluding hydrogens is 290 g/mol. The molecule has 0 bridgehead atoms. The lowest BCUT2D eigenvalue weighted by Crippen LogP contribution is -2.20. The van der Waals surface area contributed by atoms with Crippen LogP contribution in [-0.2, 0) is 0 Å². The minimum Gasteiger partial charge on any atom is -0.507 e. The molecule has 2 aromatic carbocycles. The highest BCUT2D eigenvalue weighted by atomic mass is 16.3. The van der Waals surface area contributed by atoms with Crippen LogP contribution in [0.5, 0.6) is 5.75 Å². The van der Waals surface area contributed by atoms with Gasteiger partial charge in [-0.1, -0.05) is 42.5 Å². The Bertz CT molecular complexity index is 885. The predicted molar refractivity (Wildman–Crippen MR) is 88.7 cm³/mol. The number of benzene rings is 2. The maximum atomic E-state index is 10.1. The topological polar surface area (TPSA) is 89.0 Å². The maximum Gasteiger partial charge on any atom is 0.241 e. The van der Waals surface area contributed by atoms with Gasteiger partial charge in [-0.15, -0.1) is 5.10 Å². The van der Waals surface area contributed by atoms with E-state index in [-0.39, 0.29) is 17.7 Å². The van der Waals surface area contributed by atoms with Gasteiger partial charge in [0.05, 0.1) is 5.70 Å². The first-order valence-corrected chi connectivity index (χ1v) is 7.26. The molecular formula is C17H15N5O. The molecule has 114 valence electrons. The summed E-state index contributed by atoms with van der Waals surface area (Å²) in [6, 6.07) is 17.0. The highest BCUT2D eigenvalue weighted by Crippen LogP contribution is 2.35. The number of nitrogens with one attached hydrogen (secondary N) is 1. The Morgan fingerprint density at radius 2 is 1.78 bits per heavy atom. The first-order chi connectivity index (χ1) is 11.2. The molecule has 1 aliphatic heterocycles. The van der Waals surface area contributed by atoms with E-state index in [0.29, 0.717) is 11.5 Å². The van der Waals surface area contributed by atoms with Gasteiger partial charge in [0.2, 0.25) is 11.9 Å². The van der Waals surface area contributed by atoms with Crippen LogP contribution in [0.4, 0.5) is 11.9 Å². The van der Waals surface area contributed by atoms with Crippen LogP contribution in [0, 0.1) is 0 Å². The van der Waals surface area contributed by atoms with E-state index >= 15 is 0 Å². The fourth-order valence-corrected chi connectivity index (χ4v) is 2.76. The smallest absolute Gasteiger partial charge is 0.241 e. The number of aromatic hydroxyl groups is 1. The van der Waals surface area contributed by atoms with Gasteiger partial charge in [0, 0.05) is 5.56 Å². The number of hydrogen-bond donors (Lipinski definition) is 3. The minimum absolute atomic E-state index is 0.146. The monoisotopic (exact) mass is 305 g/mol. The molecule has 0 radical (unpaired) electrons. The van der Waals surface area contributed by atoms with Crippen LogP contribution in [0.25, 0.3) is 5.70 Å². The Morgan fingerprint density at radius 1 is 1.04 bits per heavy atom. The van der Waals surface area contributed by atoms with Crippen molar-refractivity contribution in [2.45, 2.75) is 6.04 Å². The molecule has 4 rings (SSSR count). The average molecular weight is 305 g/mol. The van der Waals surface area contributed by atoms with E-state index in [1.165, 1.54) is 0 Å². The van der Waals surface area contributed by atoms with Crippen LogP contribution < -0.4 is 11.1 Å². The van der Waals surface area contributed by atoms with Crippen LogP contribution in [0.1, 0.15) is 17.2 Å². The maximum absolute atomic E-state index is 10.1. The molecule has 4 N–H and O–H groups in total. The molecule has 0 aliphatic carbocycles. The quantitative estimate of drug-likeness (QED) is 0.677. The van der Waals surface area contributed by atoms with E-state index in [4.69, 9.17) is 5.73 Å². The molecule has 0 saturated heterocycles. The first-order valence-electron chi connectivity index (χ1n) is 7.26. The van der Waals surface area contributed by atoms with Gasteiger partial charge in [-0.05, 0) is 23.8 Å². The fraction of sp³-hybridized carbons (Fsp3) is 0.0588. The highest BCUT2D eigenvalue weighted by molar-refractivity contribution is 5.80.